The van der Waals surface area contributed by atoms with Crippen LogP contribution in [0.4, 0.5) is 0 Å². The monoisotopic (exact) mass is 381 g/mol. The van der Waals surface area contributed by atoms with Gasteiger partial charge in [-0.3, -0.25) is 9.36 Å². The minimum absolute atomic E-state index is 0.00186. The summed E-state index contributed by atoms with van der Waals surface area (Å²) < 4.78 is 6.56. The first-order valence-electron chi connectivity index (χ1n) is 9.76. The fourth-order valence-electron chi connectivity index (χ4n) is 3.41. The van der Waals surface area contributed by atoms with Crippen molar-refractivity contribution >= 4 is 5.91 Å². The smallest absolute Gasteiger partial charge is 0.347 e. The number of rotatable bonds is 8. The summed E-state index contributed by atoms with van der Waals surface area (Å²) in [6, 6.07) is 9.39. The van der Waals surface area contributed by atoms with E-state index in [1.165, 1.54) is 29.2 Å². The molecule has 0 spiro atoms. The zero-order chi connectivity index (χ0) is 19.8. The largest absolute Gasteiger partial charge is 0.497 e. The topological polar surface area (TPSA) is 64.4 Å². The van der Waals surface area contributed by atoms with E-state index >= 15 is 0 Å². The maximum absolute atomic E-state index is 13.0. The number of methoxy groups -OCH3 is 1. The minimum atomic E-state index is -0.407. The molecule has 1 aliphatic rings. The molecule has 1 heterocycles. The number of aromatic nitrogens is 2. The summed E-state index contributed by atoms with van der Waals surface area (Å²) in [5.41, 5.74) is 2.05. The van der Waals surface area contributed by atoms with Gasteiger partial charge < -0.3 is 9.64 Å². The standard InChI is InChI=1S/C22H27N3O3/c1-28-20-10-8-19(9-11-20)16-24(15-12-18-6-3-2-4-7-18)21(26)17-25-14-5-13-23-22(25)27/h5-6,8-11,13-14H,2-4,7,12,15-17H2,1H3. The average Bonchev–Trinajstić information content (AvgIpc) is 2.74. The Morgan fingerprint density at radius 2 is 2.07 bits per heavy atom. The van der Waals surface area contributed by atoms with Crippen LogP contribution in [0.5, 0.6) is 5.75 Å². The van der Waals surface area contributed by atoms with Crippen molar-refractivity contribution in [2.75, 3.05) is 13.7 Å². The Bertz CT molecular complexity index is 871. The fourth-order valence-corrected chi connectivity index (χ4v) is 3.41. The molecular formula is C22H27N3O3. The van der Waals surface area contributed by atoms with E-state index < -0.39 is 5.69 Å². The third-order valence-corrected chi connectivity index (χ3v) is 5.06. The van der Waals surface area contributed by atoms with E-state index in [-0.39, 0.29) is 12.5 Å². The van der Waals surface area contributed by atoms with Crippen molar-refractivity contribution in [1.29, 1.82) is 0 Å². The summed E-state index contributed by atoms with van der Waals surface area (Å²) in [7, 11) is 1.63. The third kappa shape index (κ3) is 5.55. The summed E-state index contributed by atoms with van der Waals surface area (Å²) in [4.78, 5) is 30.4. The van der Waals surface area contributed by atoms with Gasteiger partial charge in [0.25, 0.3) is 0 Å². The molecule has 0 fully saturated rings. The fraction of sp³-hybridized carbons (Fsp3) is 0.409. The first kappa shape index (κ1) is 19.9. The van der Waals surface area contributed by atoms with E-state index in [1.54, 1.807) is 19.4 Å². The van der Waals surface area contributed by atoms with Gasteiger partial charge in [0.15, 0.2) is 0 Å². The second kappa shape index (κ2) is 9.88. The molecule has 0 saturated heterocycles. The molecule has 1 aromatic heterocycles. The highest BCUT2D eigenvalue weighted by molar-refractivity contribution is 5.76. The Kier molecular flexibility index (Phi) is 7.00. The molecule has 0 unspecified atom stereocenters. The zero-order valence-corrected chi connectivity index (χ0v) is 16.3. The Hall–Kier alpha value is -2.89. The van der Waals surface area contributed by atoms with Gasteiger partial charge in [-0.05, 0) is 55.9 Å². The van der Waals surface area contributed by atoms with Crippen LogP contribution in [-0.2, 0) is 17.9 Å². The predicted octanol–water partition coefficient (Wildman–Crippen LogP) is 3.17. The van der Waals surface area contributed by atoms with Crippen molar-refractivity contribution in [3.05, 3.63) is 70.4 Å². The van der Waals surface area contributed by atoms with Gasteiger partial charge >= 0.3 is 5.69 Å². The molecule has 0 radical (unpaired) electrons. The van der Waals surface area contributed by atoms with Gasteiger partial charge in [-0.25, -0.2) is 9.78 Å². The second-order valence-electron chi connectivity index (χ2n) is 7.05. The lowest BCUT2D eigenvalue weighted by Crippen LogP contribution is -2.37. The van der Waals surface area contributed by atoms with Gasteiger partial charge in [0.2, 0.25) is 5.91 Å². The van der Waals surface area contributed by atoms with Crippen LogP contribution in [0.15, 0.2) is 59.2 Å². The van der Waals surface area contributed by atoms with Crippen LogP contribution in [0.1, 0.15) is 37.7 Å². The Balaban J connectivity index is 1.72. The van der Waals surface area contributed by atoms with Gasteiger partial charge in [-0.1, -0.05) is 23.8 Å². The maximum atomic E-state index is 13.0. The van der Waals surface area contributed by atoms with Crippen molar-refractivity contribution in [1.82, 2.24) is 14.5 Å². The molecule has 3 rings (SSSR count). The molecule has 28 heavy (non-hydrogen) atoms. The summed E-state index contributed by atoms with van der Waals surface area (Å²) in [6.45, 7) is 1.15. The summed E-state index contributed by atoms with van der Waals surface area (Å²) in [5, 5.41) is 0. The second-order valence-corrected chi connectivity index (χ2v) is 7.05. The first-order chi connectivity index (χ1) is 13.7. The Morgan fingerprint density at radius 1 is 1.25 bits per heavy atom. The molecule has 1 aliphatic carbocycles. The summed E-state index contributed by atoms with van der Waals surface area (Å²) in [6.07, 6.45) is 11.0. The van der Waals surface area contributed by atoms with Gasteiger partial charge in [-0.15, -0.1) is 0 Å². The highest BCUT2D eigenvalue weighted by Crippen LogP contribution is 2.21. The third-order valence-electron chi connectivity index (χ3n) is 5.06. The van der Waals surface area contributed by atoms with Gasteiger partial charge in [0.1, 0.15) is 12.3 Å². The van der Waals surface area contributed by atoms with Crippen molar-refractivity contribution in [3.8, 4) is 5.75 Å². The van der Waals surface area contributed by atoms with Crippen LogP contribution in [0.3, 0.4) is 0 Å². The highest BCUT2D eigenvalue weighted by atomic mass is 16.5. The van der Waals surface area contributed by atoms with Gasteiger partial charge in [0, 0.05) is 25.5 Å². The lowest BCUT2D eigenvalue weighted by atomic mass is 9.97. The van der Waals surface area contributed by atoms with E-state index in [1.807, 2.05) is 29.2 Å². The number of benzene rings is 1. The van der Waals surface area contributed by atoms with Crippen LogP contribution in [0, 0.1) is 0 Å². The molecule has 148 valence electrons. The van der Waals surface area contributed by atoms with Crippen molar-refractivity contribution in [2.45, 2.75) is 45.2 Å². The Labute approximate surface area is 165 Å². The number of nitrogens with zero attached hydrogens (tertiary/aromatic N) is 3. The summed E-state index contributed by atoms with van der Waals surface area (Å²) in [5.74, 6) is 0.707. The molecule has 0 saturated carbocycles. The number of carbonyl (C=O) groups is 1. The number of amides is 1. The lowest BCUT2D eigenvalue weighted by Gasteiger charge is -2.25. The summed E-state index contributed by atoms with van der Waals surface area (Å²) >= 11 is 0. The van der Waals surface area contributed by atoms with E-state index in [0.717, 1.165) is 30.6 Å². The van der Waals surface area contributed by atoms with E-state index in [0.29, 0.717) is 13.1 Å². The van der Waals surface area contributed by atoms with Crippen LogP contribution in [0.25, 0.3) is 0 Å². The van der Waals surface area contributed by atoms with Crippen molar-refractivity contribution in [3.63, 3.8) is 0 Å². The van der Waals surface area contributed by atoms with Crippen LogP contribution in [-0.4, -0.2) is 34.0 Å². The van der Waals surface area contributed by atoms with Crippen molar-refractivity contribution in [2.24, 2.45) is 0 Å². The predicted molar refractivity (Wildman–Crippen MR) is 108 cm³/mol. The molecule has 1 amide bonds. The molecule has 1 aromatic carbocycles. The van der Waals surface area contributed by atoms with Crippen molar-refractivity contribution < 1.29 is 9.53 Å². The van der Waals surface area contributed by atoms with Crippen LogP contribution < -0.4 is 10.4 Å². The molecule has 6 heteroatoms. The number of allylic oxidation sites excluding steroid dienone is 1. The molecule has 0 aliphatic heterocycles. The number of ether oxygens (including phenoxy) is 1. The molecular weight excluding hydrogens is 354 g/mol. The average molecular weight is 381 g/mol. The van der Waals surface area contributed by atoms with E-state index in [2.05, 4.69) is 11.1 Å². The molecule has 0 N–H and O–H groups in total. The Morgan fingerprint density at radius 3 is 2.75 bits per heavy atom. The SMILES string of the molecule is COc1ccc(CN(CCC2=CCCCC2)C(=O)Cn2cccnc2=O)cc1. The minimum Gasteiger partial charge on any atom is -0.497 e. The zero-order valence-electron chi connectivity index (χ0n) is 16.3. The van der Waals surface area contributed by atoms with E-state index in [4.69, 9.17) is 4.74 Å². The van der Waals surface area contributed by atoms with Crippen LogP contribution in [0.2, 0.25) is 0 Å². The van der Waals surface area contributed by atoms with E-state index in [9.17, 15) is 9.59 Å². The number of carbonyl (C=O) groups excluding carboxylic acids is 1. The van der Waals surface area contributed by atoms with Crippen LogP contribution >= 0.6 is 0 Å². The molecule has 0 atom stereocenters. The van der Waals surface area contributed by atoms with Gasteiger partial charge in [0.05, 0.1) is 7.11 Å². The number of hydrogen-bond acceptors (Lipinski definition) is 4. The molecule has 0 bridgehead atoms. The lowest BCUT2D eigenvalue weighted by molar-refractivity contribution is -0.132. The highest BCUT2D eigenvalue weighted by Gasteiger charge is 2.16. The maximum Gasteiger partial charge on any atom is 0.347 e. The molecule has 6 nitrogen and oxygen atoms in total. The first-order valence-corrected chi connectivity index (χ1v) is 9.76. The normalized spacial score (nSPS) is 13.7. The quantitative estimate of drug-likeness (QED) is 0.659. The number of hydrogen-bond donors (Lipinski definition) is 0. The van der Waals surface area contributed by atoms with Gasteiger partial charge in [-0.2, -0.15) is 0 Å². The molecule has 2 aromatic rings.